The number of nitrogens with zero attached hydrogens (tertiary/aromatic N) is 1. The number of halogens is 2. The molecule has 3 nitrogen and oxygen atoms in total. The van der Waals surface area contributed by atoms with E-state index in [0.717, 1.165) is 15.8 Å². The van der Waals surface area contributed by atoms with Crippen LogP contribution in [0, 0.1) is 3.57 Å². The van der Waals surface area contributed by atoms with Gasteiger partial charge in [-0.25, -0.2) is 0 Å². The van der Waals surface area contributed by atoms with E-state index >= 15 is 0 Å². The van der Waals surface area contributed by atoms with Crippen molar-refractivity contribution in [1.29, 1.82) is 0 Å². The third-order valence-corrected chi connectivity index (χ3v) is 4.25. The number of methoxy groups -OCH3 is 1. The van der Waals surface area contributed by atoms with Gasteiger partial charge in [0.15, 0.2) is 0 Å². The maximum absolute atomic E-state index is 5.24. The van der Waals surface area contributed by atoms with Crippen molar-refractivity contribution < 1.29 is 4.74 Å². The van der Waals surface area contributed by atoms with Crippen molar-refractivity contribution in [2.45, 2.75) is 6.04 Å². The van der Waals surface area contributed by atoms with Gasteiger partial charge in [0.2, 0.25) is 0 Å². The Kier molecular flexibility index (Phi) is 5.18. The lowest BCUT2D eigenvalue weighted by atomic mass is 10.0. The molecule has 1 atom stereocenters. The molecular weight excluding hydrogens is 419 g/mol. The molecule has 1 aromatic heterocycles. The molecule has 2 rings (SSSR count). The van der Waals surface area contributed by atoms with Crippen molar-refractivity contribution in [2.24, 2.45) is 0 Å². The predicted molar refractivity (Wildman–Crippen MR) is 88.6 cm³/mol. The average Bonchev–Trinajstić information content (AvgIpc) is 2.44. The smallest absolute Gasteiger partial charge is 0.137 e. The lowest BCUT2D eigenvalue weighted by Gasteiger charge is -2.19. The molecule has 1 N–H and O–H groups in total. The molecule has 5 heteroatoms. The highest BCUT2D eigenvalue weighted by Gasteiger charge is 2.16. The van der Waals surface area contributed by atoms with Gasteiger partial charge in [0, 0.05) is 14.2 Å². The Morgan fingerprint density at radius 1 is 1.32 bits per heavy atom. The van der Waals surface area contributed by atoms with E-state index in [1.54, 1.807) is 13.3 Å². The van der Waals surface area contributed by atoms with E-state index in [4.69, 9.17) is 4.74 Å². The Hall–Kier alpha value is -0.660. The van der Waals surface area contributed by atoms with Gasteiger partial charge in [-0.05, 0) is 65.0 Å². The van der Waals surface area contributed by atoms with Gasteiger partial charge >= 0.3 is 0 Å². The van der Waals surface area contributed by atoms with Gasteiger partial charge in [0.1, 0.15) is 5.75 Å². The number of nitrogens with one attached hydrogen (secondary N) is 1. The summed E-state index contributed by atoms with van der Waals surface area (Å²) in [7, 11) is 3.59. The maximum Gasteiger partial charge on any atom is 0.137 e. The zero-order valence-corrected chi connectivity index (χ0v) is 14.4. The van der Waals surface area contributed by atoms with Crippen LogP contribution in [0.15, 0.2) is 41.1 Å². The first kappa shape index (κ1) is 14.7. The SMILES string of the molecule is CNC(c1cncc(OC)c1)c1cc(I)ccc1Br. The highest BCUT2D eigenvalue weighted by molar-refractivity contribution is 14.1. The molecule has 1 aromatic carbocycles. The van der Waals surface area contributed by atoms with Crippen LogP contribution in [0.25, 0.3) is 0 Å². The molecule has 0 aliphatic heterocycles. The summed E-state index contributed by atoms with van der Waals surface area (Å²) >= 11 is 5.93. The number of rotatable bonds is 4. The van der Waals surface area contributed by atoms with Gasteiger partial charge in [-0.15, -0.1) is 0 Å². The molecule has 100 valence electrons. The molecular formula is C14H14BrIN2O. The van der Waals surface area contributed by atoms with E-state index < -0.39 is 0 Å². The molecule has 0 saturated carbocycles. The van der Waals surface area contributed by atoms with Crippen LogP contribution in [-0.2, 0) is 0 Å². The largest absolute Gasteiger partial charge is 0.495 e. The van der Waals surface area contributed by atoms with Crippen molar-refractivity contribution in [3.63, 3.8) is 0 Å². The molecule has 0 spiro atoms. The first-order valence-electron chi connectivity index (χ1n) is 5.77. The number of hydrogen-bond acceptors (Lipinski definition) is 3. The number of ether oxygens (including phenoxy) is 1. The first-order chi connectivity index (χ1) is 9.15. The van der Waals surface area contributed by atoms with Crippen molar-refractivity contribution in [3.8, 4) is 5.75 Å². The van der Waals surface area contributed by atoms with E-state index in [2.05, 4.69) is 67.0 Å². The second-order valence-corrected chi connectivity index (χ2v) is 6.15. The third kappa shape index (κ3) is 3.46. The van der Waals surface area contributed by atoms with Crippen molar-refractivity contribution in [3.05, 3.63) is 55.8 Å². The zero-order valence-electron chi connectivity index (χ0n) is 10.7. The molecule has 0 fully saturated rings. The Balaban J connectivity index is 2.46. The van der Waals surface area contributed by atoms with Crippen LogP contribution in [0.5, 0.6) is 5.75 Å². The van der Waals surface area contributed by atoms with Gasteiger partial charge in [-0.3, -0.25) is 4.98 Å². The first-order valence-corrected chi connectivity index (χ1v) is 7.64. The van der Waals surface area contributed by atoms with Crippen molar-refractivity contribution in [2.75, 3.05) is 14.2 Å². The monoisotopic (exact) mass is 432 g/mol. The minimum Gasteiger partial charge on any atom is -0.495 e. The number of hydrogen-bond donors (Lipinski definition) is 1. The normalized spacial score (nSPS) is 12.2. The van der Waals surface area contributed by atoms with Gasteiger partial charge in [0.25, 0.3) is 0 Å². The Morgan fingerprint density at radius 2 is 2.11 bits per heavy atom. The standard InChI is InChI=1S/C14H14BrIN2O/c1-17-14(9-5-11(19-2)8-18-7-9)12-6-10(16)3-4-13(12)15/h3-8,14,17H,1-2H3. The predicted octanol–water partition coefficient (Wildman–Crippen LogP) is 3.77. The van der Waals surface area contributed by atoms with Crippen LogP contribution in [0.2, 0.25) is 0 Å². The minimum absolute atomic E-state index is 0.0756. The van der Waals surface area contributed by atoms with E-state index in [-0.39, 0.29) is 6.04 Å². The summed E-state index contributed by atoms with van der Waals surface area (Å²) in [6.45, 7) is 0. The van der Waals surface area contributed by atoms with Gasteiger partial charge in [0.05, 0.1) is 19.3 Å². The molecule has 1 unspecified atom stereocenters. The minimum atomic E-state index is 0.0756. The fraction of sp³-hybridized carbons (Fsp3) is 0.214. The summed E-state index contributed by atoms with van der Waals surface area (Å²) in [5, 5.41) is 3.33. The topological polar surface area (TPSA) is 34.2 Å². The van der Waals surface area contributed by atoms with E-state index in [1.165, 1.54) is 9.13 Å². The molecule has 1 heterocycles. The molecule has 0 bridgehead atoms. The highest BCUT2D eigenvalue weighted by Crippen LogP contribution is 2.30. The van der Waals surface area contributed by atoms with Gasteiger partial charge < -0.3 is 10.1 Å². The second kappa shape index (κ2) is 6.67. The molecule has 2 aromatic rings. The summed E-state index contributed by atoms with van der Waals surface area (Å²) in [6, 6.07) is 8.37. The number of pyridine rings is 1. The van der Waals surface area contributed by atoms with Gasteiger partial charge in [-0.1, -0.05) is 15.9 Å². The average molecular weight is 433 g/mol. The molecule has 0 aliphatic rings. The molecule has 0 aliphatic carbocycles. The zero-order chi connectivity index (χ0) is 13.8. The van der Waals surface area contributed by atoms with Crippen molar-refractivity contribution >= 4 is 38.5 Å². The Morgan fingerprint density at radius 3 is 2.79 bits per heavy atom. The van der Waals surface area contributed by atoms with E-state index in [0.29, 0.717) is 0 Å². The Bertz CT molecular complexity index is 577. The van der Waals surface area contributed by atoms with Crippen LogP contribution in [-0.4, -0.2) is 19.1 Å². The quantitative estimate of drug-likeness (QED) is 0.747. The maximum atomic E-state index is 5.24. The molecule has 0 amide bonds. The lowest BCUT2D eigenvalue weighted by molar-refractivity contribution is 0.411. The fourth-order valence-corrected chi connectivity index (χ4v) is 2.93. The van der Waals surface area contributed by atoms with Crippen LogP contribution in [0.4, 0.5) is 0 Å². The van der Waals surface area contributed by atoms with Crippen LogP contribution in [0.1, 0.15) is 17.2 Å². The van der Waals surface area contributed by atoms with Crippen LogP contribution in [0.3, 0.4) is 0 Å². The lowest BCUT2D eigenvalue weighted by Crippen LogP contribution is -2.18. The highest BCUT2D eigenvalue weighted by atomic mass is 127. The summed E-state index contributed by atoms with van der Waals surface area (Å²) in [4.78, 5) is 4.22. The van der Waals surface area contributed by atoms with Crippen LogP contribution >= 0.6 is 38.5 Å². The van der Waals surface area contributed by atoms with E-state index in [9.17, 15) is 0 Å². The summed E-state index contributed by atoms with van der Waals surface area (Å²) in [6.07, 6.45) is 3.57. The van der Waals surface area contributed by atoms with Gasteiger partial charge in [-0.2, -0.15) is 0 Å². The van der Waals surface area contributed by atoms with E-state index in [1.807, 2.05) is 19.3 Å². The molecule has 19 heavy (non-hydrogen) atoms. The van der Waals surface area contributed by atoms with Crippen molar-refractivity contribution in [1.82, 2.24) is 10.3 Å². The third-order valence-electron chi connectivity index (χ3n) is 2.86. The number of aromatic nitrogens is 1. The number of benzene rings is 1. The summed E-state index contributed by atoms with van der Waals surface area (Å²) < 4.78 is 7.52. The summed E-state index contributed by atoms with van der Waals surface area (Å²) in [5.74, 6) is 0.763. The second-order valence-electron chi connectivity index (χ2n) is 4.05. The molecule has 0 radical (unpaired) electrons. The summed E-state index contributed by atoms with van der Waals surface area (Å²) in [5.41, 5.74) is 2.26. The molecule has 0 saturated heterocycles. The Labute approximate surface area is 135 Å². The fourth-order valence-electron chi connectivity index (χ4n) is 1.94. The van der Waals surface area contributed by atoms with Crippen LogP contribution < -0.4 is 10.1 Å².